The Morgan fingerprint density at radius 2 is 1.93 bits per heavy atom. The maximum atomic E-state index is 11.3. The summed E-state index contributed by atoms with van der Waals surface area (Å²) in [7, 11) is 1.41. The van der Waals surface area contributed by atoms with Crippen molar-refractivity contribution in [3.8, 4) is 16.9 Å². The molecule has 1 aromatic heterocycles. The molecule has 2 aromatic carbocycles. The zero-order chi connectivity index (χ0) is 19.2. The molecule has 0 bridgehead atoms. The smallest absolute Gasteiger partial charge is 0.306 e. The van der Waals surface area contributed by atoms with Gasteiger partial charge in [0, 0.05) is 30.4 Å². The molecular formula is C22H25N3O2. The number of ether oxygens (including phenoxy) is 1. The molecule has 0 amide bonds. The normalized spacial score (nSPS) is 10.8. The number of rotatable bonds is 7. The zero-order valence-corrected chi connectivity index (χ0v) is 16.0. The van der Waals surface area contributed by atoms with Gasteiger partial charge in [-0.05, 0) is 31.0 Å². The minimum Gasteiger partial charge on any atom is -0.469 e. The van der Waals surface area contributed by atoms with Gasteiger partial charge >= 0.3 is 5.97 Å². The van der Waals surface area contributed by atoms with Crippen LogP contribution in [0.25, 0.3) is 16.9 Å². The SMILES string of the molecule is COC(=O)CCNCc1cn(-c2cc(C)ccc2C)nc1-c1ccccc1. The van der Waals surface area contributed by atoms with E-state index in [0.717, 1.165) is 22.5 Å². The molecule has 0 aliphatic rings. The van der Waals surface area contributed by atoms with Crippen molar-refractivity contribution in [1.82, 2.24) is 15.1 Å². The van der Waals surface area contributed by atoms with Gasteiger partial charge < -0.3 is 10.1 Å². The van der Waals surface area contributed by atoms with Gasteiger partial charge in [0.1, 0.15) is 0 Å². The third kappa shape index (κ3) is 4.63. The van der Waals surface area contributed by atoms with Gasteiger partial charge in [-0.2, -0.15) is 5.10 Å². The first-order valence-corrected chi connectivity index (χ1v) is 9.07. The number of carbonyl (C=O) groups excluding carboxylic acids is 1. The molecule has 5 nitrogen and oxygen atoms in total. The van der Waals surface area contributed by atoms with Crippen LogP contribution in [0.1, 0.15) is 23.1 Å². The highest BCUT2D eigenvalue weighted by atomic mass is 16.5. The molecule has 27 heavy (non-hydrogen) atoms. The first-order valence-electron chi connectivity index (χ1n) is 9.07. The minimum atomic E-state index is -0.211. The largest absolute Gasteiger partial charge is 0.469 e. The lowest BCUT2D eigenvalue weighted by atomic mass is 10.1. The number of nitrogens with zero attached hydrogens (tertiary/aromatic N) is 2. The number of methoxy groups -OCH3 is 1. The first kappa shape index (κ1) is 18.9. The number of benzene rings is 2. The highest BCUT2D eigenvalue weighted by Gasteiger charge is 2.13. The van der Waals surface area contributed by atoms with Gasteiger partial charge in [-0.25, -0.2) is 4.68 Å². The third-order valence-electron chi connectivity index (χ3n) is 4.50. The Balaban J connectivity index is 1.90. The standard InChI is InChI=1S/C22H25N3O2/c1-16-9-10-17(2)20(13-16)25-15-19(14-23-12-11-21(26)27-3)22(24-25)18-7-5-4-6-8-18/h4-10,13,15,23H,11-12,14H2,1-3H3. The maximum Gasteiger partial charge on any atom is 0.306 e. The van der Waals surface area contributed by atoms with Crippen molar-refractivity contribution < 1.29 is 9.53 Å². The summed E-state index contributed by atoms with van der Waals surface area (Å²) < 4.78 is 6.63. The molecule has 140 valence electrons. The lowest BCUT2D eigenvalue weighted by Crippen LogP contribution is -2.18. The Morgan fingerprint density at radius 3 is 2.67 bits per heavy atom. The van der Waals surface area contributed by atoms with Crippen LogP contribution in [0.15, 0.2) is 54.7 Å². The second-order valence-corrected chi connectivity index (χ2v) is 6.61. The molecule has 0 saturated heterocycles. The van der Waals surface area contributed by atoms with Crippen LogP contribution in [-0.4, -0.2) is 29.4 Å². The van der Waals surface area contributed by atoms with Gasteiger partial charge in [0.05, 0.1) is 24.9 Å². The topological polar surface area (TPSA) is 56.1 Å². The Hall–Kier alpha value is -2.92. The third-order valence-corrected chi connectivity index (χ3v) is 4.50. The predicted octanol–water partition coefficient (Wildman–Crippen LogP) is 3.81. The second-order valence-electron chi connectivity index (χ2n) is 6.61. The van der Waals surface area contributed by atoms with E-state index in [1.807, 2.05) is 22.9 Å². The van der Waals surface area contributed by atoms with Crippen LogP contribution in [0.4, 0.5) is 0 Å². The van der Waals surface area contributed by atoms with Gasteiger partial charge in [-0.15, -0.1) is 0 Å². The predicted molar refractivity (Wildman–Crippen MR) is 107 cm³/mol. The van der Waals surface area contributed by atoms with Crippen molar-refractivity contribution in [2.75, 3.05) is 13.7 Å². The van der Waals surface area contributed by atoms with Crippen molar-refractivity contribution in [3.63, 3.8) is 0 Å². The average molecular weight is 363 g/mol. The summed E-state index contributed by atoms with van der Waals surface area (Å²) in [6.45, 7) is 5.37. The number of hydrogen-bond donors (Lipinski definition) is 1. The number of esters is 1. The van der Waals surface area contributed by atoms with E-state index < -0.39 is 0 Å². The Kier molecular flexibility index (Phi) is 6.04. The van der Waals surface area contributed by atoms with E-state index in [9.17, 15) is 4.79 Å². The molecule has 0 atom stereocenters. The molecule has 0 radical (unpaired) electrons. The number of aromatic nitrogens is 2. The van der Waals surface area contributed by atoms with Crippen LogP contribution >= 0.6 is 0 Å². The van der Waals surface area contributed by atoms with Crippen LogP contribution in [0.3, 0.4) is 0 Å². The average Bonchev–Trinajstić information content (AvgIpc) is 3.11. The molecule has 5 heteroatoms. The molecule has 0 saturated carbocycles. The molecule has 0 unspecified atom stereocenters. The lowest BCUT2D eigenvalue weighted by Gasteiger charge is -2.06. The summed E-state index contributed by atoms with van der Waals surface area (Å²) in [6.07, 6.45) is 2.41. The number of aryl methyl sites for hydroxylation is 2. The molecule has 1 heterocycles. The van der Waals surface area contributed by atoms with E-state index in [-0.39, 0.29) is 5.97 Å². The van der Waals surface area contributed by atoms with E-state index in [0.29, 0.717) is 19.5 Å². The molecule has 1 N–H and O–H groups in total. The Morgan fingerprint density at radius 1 is 1.15 bits per heavy atom. The molecule has 3 rings (SSSR count). The van der Waals surface area contributed by atoms with E-state index in [4.69, 9.17) is 5.10 Å². The summed E-state index contributed by atoms with van der Waals surface area (Å²) in [5, 5.41) is 8.18. The van der Waals surface area contributed by atoms with Gasteiger partial charge in [-0.1, -0.05) is 42.5 Å². The summed E-state index contributed by atoms with van der Waals surface area (Å²) in [5.41, 5.74) is 6.56. The van der Waals surface area contributed by atoms with E-state index in [1.54, 1.807) is 0 Å². The molecular weight excluding hydrogens is 338 g/mol. The summed E-state index contributed by atoms with van der Waals surface area (Å²) in [6, 6.07) is 16.5. The van der Waals surface area contributed by atoms with Gasteiger partial charge in [0.2, 0.25) is 0 Å². The van der Waals surface area contributed by atoms with Crippen LogP contribution < -0.4 is 5.32 Å². The van der Waals surface area contributed by atoms with Crippen molar-refractivity contribution in [3.05, 3.63) is 71.4 Å². The van der Waals surface area contributed by atoms with Crippen molar-refractivity contribution in [2.24, 2.45) is 0 Å². The van der Waals surface area contributed by atoms with E-state index >= 15 is 0 Å². The van der Waals surface area contributed by atoms with Crippen LogP contribution in [0, 0.1) is 13.8 Å². The highest BCUT2D eigenvalue weighted by Crippen LogP contribution is 2.25. The number of hydrogen-bond acceptors (Lipinski definition) is 4. The minimum absolute atomic E-state index is 0.211. The van der Waals surface area contributed by atoms with Gasteiger partial charge in [0.25, 0.3) is 0 Å². The quantitative estimate of drug-likeness (QED) is 0.512. The summed E-state index contributed by atoms with van der Waals surface area (Å²) in [5.74, 6) is -0.211. The van der Waals surface area contributed by atoms with Crippen molar-refractivity contribution in [2.45, 2.75) is 26.8 Å². The highest BCUT2D eigenvalue weighted by molar-refractivity contribution is 5.69. The maximum absolute atomic E-state index is 11.3. The van der Waals surface area contributed by atoms with Crippen LogP contribution in [0.5, 0.6) is 0 Å². The fraction of sp³-hybridized carbons (Fsp3) is 0.273. The fourth-order valence-corrected chi connectivity index (χ4v) is 2.98. The summed E-state index contributed by atoms with van der Waals surface area (Å²) >= 11 is 0. The monoisotopic (exact) mass is 363 g/mol. The molecule has 0 spiro atoms. The molecule has 0 aliphatic heterocycles. The van der Waals surface area contributed by atoms with E-state index in [2.05, 4.69) is 60.4 Å². The molecule has 0 aliphatic carbocycles. The second kappa shape index (κ2) is 8.64. The Labute approximate surface area is 160 Å². The fourth-order valence-electron chi connectivity index (χ4n) is 2.98. The van der Waals surface area contributed by atoms with Crippen molar-refractivity contribution in [1.29, 1.82) is 0 Å². The zero-order valence-electron chi connectivity index (χ0n) is 16.0. The van der Waals surface area contributed by atoms with Crippen LogP contribution in [-0.2, 0) is 16.1 Å². The van der Waals surface area contributed by atoms with Gasteiger partial charge in [-0.3, -0.25) is 4.79 Å². The van der Waals surface area contributed by atoms with Crippen LogP contribution in [0.2, 0.25) is 0 Å². The van der Waals surface area contributed by atoms with Gasteiger partial charge in [0.15, 0.2) is 0 Å². The Bertz CT molecular complexity index is 917. The number of nitrogens with one attached hydrogen (secondary N) is 1. The lowest BCUT2D eigenvalue weighted by molar-refractivity contribution is -0.140. The van der Waals surface area contributed by atoms with Crippen molar-refractivity contribution >= 4 is 5.97 Å². The molecule has 3 aromatic rings. The first-order chi connectivity index (χ1) is 13.1. The number of carbonyl (C=O) groups is 1. The summed E-state index contributed by atoms with van der Waals surface area (Å²) in [4.78, 5) is 11.3. The molecule has 0 fully saturated rings. The van der Waals surface area contributed by atoms with E-state index in [1.165, 1.54) is 18.2 Å².